The van der Waals surface area contributed by atoms with Crippen LogP contribution in [0.5, 0.6) is 0 Å². The van der Waals surface area contributed by atoms with Crippen LogP contribution < -0.4 is 0 Å². The van der Waals surface area contributed by atoms with Crippen molar-refractivity contribution in [1.29, 1.82) is 0 Å². The number of allylic oxidation sites excluding steroid dienone is 2. The molecule has 0 radical (unpaired) electrons. The van der Waals surface area contributed by atoms with Gasteiger partial charge in [-0.3, -0.25) is 24.0 Å². The van der Waals surface area contributed by atoms with Crippen molar-refractivity contribution in [3.05, 3.63) is 23.3 Å². The SMILES string of the molecule is CC(=O)S[C@H]1CC(=O)C=C2C[C@@H](SC(C)=O)[C@@H]3[C@H](CC[C@@]4(C)[C@H]3CC[C@]4(C)O)[C@]21C.CCCCCCC(=O)O.C[C@]12CC[C@H](O)CC1=CC[C@@H]1[C@@H]2CC[C@]2(C)C(=O)CC[C@@H]12. The van der Waals surface area contributed by atoms with Crippen LogP contribution in [0.25, 0.3) is 0 Å². The first-order valence-corrected chi connectivity index (χ1v) is 25.3. The number of carboxylic acids is 1. The third kappa shape index (κ3) is 8.86. The molecule has 6 saturated carbocycles. The number of hydrogen-bond acceptors (Lipinski definition) is 9. The van der Waals surface area contributed by atoms with E-state index >= 15 is 0 Å². The van der Waals surface area contributed by atoms with Crippen molar-refractivity contribution in [2.45, 2.75) is 200 Å². The Morgan fingerprint density at radius 2 is 1.40 bits per heavy atom. The van der Waals surface area contributed by atoms with Gasteiger partial charge in [-0.2, -0.15) is 0 Å². The van der Waals surface area contributed by atoms with Gasteiger partial charge in [-0.15, -0.1) is 0 Å². The molecule has 0 saturated heterocycles. The van der Waals surface area contributed by atoms with Crippen LogP contribution in [0.3, 0.4) is 0 Å². The molecule has 8 rings (SSSR count). The normalized spacial score (nSPS) is 43.7. The largest absolute Gasteiger partial charge is 0.481 e. The summed E-state index contributed by atoms with van der Waals surface area (Å²) in [4.78, 5) is 59.1. The molecule has 0 unspecified atom stereocenters. The molecule has 0 aromatic carbocycles. The number of aliphatic hydroxyl groups is 2. The molecule has 0 aromatic rings. The minimum absolute atomic E-state index is 0.0168. The Hall–Kier alpha value is -1.75. The topological polar surface area (TPSA) is 146 Å². The maximum Gasteiger partial charge on any atom is 0.303 e. The van der Waals surface area contributed by atoms with Crippen molar-refractivity contribution in [2.75, 3.05) is 0 Å². The van der Waals surface area contributed by atoms with E-state index in [1.54, 1.807) is 13.8 Å². The maximum atomic E-state index is 12.6. The number of rotatable bonds is 7. The van der Waals surface area contributed by atoms with Crippen molar-refractivity contribution in [3.8, 4) is 0 Å². The molecule has 0 amide bonds. The minimum atomic E-state index is -0.679. The first kappa shape index (κ1) is 47.7. The van der Waals surface area contributed by atoms with E-state index in [1.165, 1.54) is 41.9 Å². The second-order valence-electron chi connectivity index (χ2n) is 21.4. The highest BCUT2D eigenvalue weighted by Crippen LogP contribution is 2.70. The third-order valence-electron chi connectivity index (χ3n) is 18.3. The molecule has 8 aliphatic rings. The predicted octanol–water partition coefficient (Wildman–Crippen LogP) is 10.7. The fourth-order valence-electron chi connectivity index (χ4n) is 14.6. The number of Topliss-reactive ketones (excluding diaryl/α,β-unsaturated/α-hetero) is 1. The highest BCUT2D eigenvalue weighted by atomic mass is 32.2. The molecule has 8 nitrogen and oxygen atoms in total. The van der Waals surface area contributed by atoms with Gasteiger partial charge in [0, 0.05) is 54.4 Å². The second-order valence-corrected chi connectivity index (χ2v) is 24.2. The van der Waals surface area contributed by atoms with E-state index in [1.807, 2.05) is 13.0 Å². The lowest BCUT2D eigenvalue weighted by atomic mass is 9.46. The molecule has 0 aliphatic heterocycles. The van der Waals surface area contributed by atoms with Crippen LogP contribution in [0.2, 0.25) is 0 Å². The number of carboxylic acid groups (broad SMARTS) is 1. The number of ketones is 2. The maximum absolute atomic E-state index is 12.6. The van der Waals surface area contributed by atoms with Gasteiger partial charge in [0.15, 0.2) is 16.0 Å². The standard InChI is InChI=1S/C24H34O4S2.C19H28O2.C7H14O2/c1-13(25)29-19-11-15-10-16(27)12-20(30-14(2)26)24(15,5)18-6-8-22(3)17(21(18)19)7-9-23(22,4)28;1-18-9-7-13(20)11-12(18)3-4-14-15-5-6-17(21)19(15,2)10-8-16(14)18;1-2-3-4-5-6-7(8)9/h10,17-21,28H,6-9,11-12H2,1-5H3;3,13-16,20H,4-11H2,1-2H3;2-6H2,1H3,(H,8,9)/t17-,18-,19+,20-,21-,22-,23-,24-;13-,14-,15-,16-,18-,19-;/m00./s1. The van der Waals surface area contributed by atoms with Crippen LogP contribution in [0, 0.1) is 57.2 Å². The number of fused-ring (bicyclic) bond motifs is 10. The molecule has 8 aliphatic carbocycles. The zero-order valence-electron chi connectivity index (χ0n) is 38.0. The number of aliphatic hydroxyl groups excluding tert-OH is 1. The number of thioether (sulfide) groups is 2. The van der Waals surface area contributed by atoms with E-state index in [0.29, 0.717) is 53.6 Å². The van der Waals surface area contributed by atoms with Crippen LogP contribution in [0.15, 0.2) is 23.3 Å². The molecule has 14 atom stereocenters. The van der Waals surface area contributed by atoms with Gasteiger partial charge < -0.3 is 15.3 Å². The molecule has 3 N–H and O–H groups in total. The van der Waals surface area contributed by atoms with E-state index in [9.17, 15) is 34.2 Å². The molecule has 0 spiro atoms. The van der Waals surface area contributed by atoms with Gasteiger partial charge in [-0.25, -0.2) is 0 Å². The summed E-state index contributed by atoms with van der Waals surface area (Å²) in [5.41, 5.74) is 1.92. The van der Waals surface area contributed by atoms with Crippen LogP contribution >= 0.6 is 23.5 Å². The van der Waals surface area contributed by atoms with E-state index in [0.717, 1.165) is 108 Å². The van der Waals surface area contributed by atoms with Crippen molar-refractivity contribution in [2.24, 2.45) is 57.2 Å². The molecule has 336 valence electrons. The fourth-order valence-corrected chi connectivity index (χ4v) is 17.0. The lowest BCUT2D eigenvalue weighted by Gasteiger charge is -2.62. The molecular formula is C50H76O8S2. The fraction of sp³-hybridized carbons (Fsp3) is 0.820. The summed E-state index contributed by atoms with van der Waals surface area (Å²) in [7, 11) is 0. The number of unbranched alkanes of at least 4 members (excludes halogenated alkanes) is 3. The zero-order valence-corrected chi connectivity index (χ0v) is 39.6. The first-order valence-electron chi connectivity index (χ1n) is 23.6. The van der Waals surface area contributed by atoms with Gasteiger partial charge in [-0.05, 0) is 143 Å². The number of carbonyl (C=O) groups excluding carboxylic acids is 4. The van der Waals surface area contributed by atoms with E-state index < -0.39 is 11.6 Å². The molecule has 0 aromatic heterocycles. The molecule has 0 heterocycles. The van der Waals surface area contributed by atoms with E-state index in [-0.39, 0.29) is 48.9 Å². The van der Waals surface area contributed by atoms with Gasteiger partial charge in [0.1, 0.15) is 5.78 Å². The molecule has 6 fully saturated rings. The van der Waals surface area contributed by atoms with Gasteiger partial charge in [0.2, 0.25) is 0 Å². The second kappa shape index (κ2) is 18.4. The van der Waals surface area contributed by atoms with E-state index in [2.05, 4.69) is 40.7 Å². The average molecular weight is 869 g/mol. The lowest BCUT2D eigenvalue weighted by Crippen LogP contribution is -2.59. The van der Waals surface area contributed by atoms with Crippen LogP contribution in [0.1, 0.15) is 177 Å². The monoisotopic (exact) mass is 868 g/mol. The molecule has 60 heavy (non-hydrogen) atoms. The van der Waals surface area contributed by atoms with Crippen LogP contribution in [-0.4, -0.2) is 65.3 Å². The summed E-state index contributed by atoms with van der Waals surface area (Å²) in [5.74, 6) is 3.04. The Morgan fingerprint density at radius 1 is 0.750 bits per heavy atom. The summed E-state index contributed by atoms with van der Waals surface area (Å²) >= 11 is 2.77. The van der Waals surface area contributed by atoms with Crippen molar-refractivity contribution >= 4 is 51.3 Å². The smallest absolute Gasteiger partial charge is 0.303 e. The quantitative estimate of drug-likeness (QED) is 0.167. The highest BCUT2D eigenvalue weighted by molar-refractivity contribution is 8.14. The summed E-state index contributed by atoms with van der Waals surface area (Å²) in [5, 5.41) is 29.7. The highest BCUT2D eigenvalue weighted by Gasteiger charge is 2.66. The van der Waals surface area contributed by atoms with Crippen LogP contribution in [0.4, 0.5) is 0 Å². The van der Waals surface area contributed by atoms with Gasteiger partial charge in [0.05, 0.1) is 11.7 Å². The van der Waals surface area contributed by atoms with Gasteiger partial charge in [-0.1, -0.05) is 94.6 Å². The Bertz CT molecular complexity index is 1730. The van der Waals surface area contributed by atoms with Gasteiger partial charge in [0.25, 0.3) is 0 Å². The van der Waals surface area contributed by atoms with Gasteiger partial charge >= 0.3 is 5.97 Å². The Morgan fingerprint density at radius 3 is 2.07 bits per heavy atom. The number of aliphatic carboxylic acids is 1. The molecular weight excluding hydrogens is 793 g/mol. The Kier molecular flexibility index (Phi) is 14.6. The Balaban J connectivity index is 0.000000174. The summed E-state index contributed by atoms with van der Waals surface area (Å²) in [6.07, 6.45) is 22.0. The Labute approximate surface area is 369 Å². The van der Waals surface area contributed by atoms with Crippen molar-refractivity contribution < 1.29 is 39.3 Å². The lowest BCUT2D eigenvalue weighted by molar-refractivity contribution is -0.137. The third-order valence-corrected chi connectivity index (χ3v) is 20.6. The van der Waals surface area contributed by atoms with Crippen molar-refractivity contribution in [3.63, 3.8) is 0 Å². The summed E-state index contributed by atoms with van der Waals surface area (Å²) < 4.78 is 0. The van der Waals surface area contributed by atoms with Crippen molar-refractivity contribution in [1.82, 2.24) is 0 Å². The average Bonchev–Trinajstić information content (AvgIpc) is 3.61. The number of hydrogen-bond donors (Lipinski definition) is 3. The number of carbonyl (C=O) groups is 5. The molecule has 0 bridgehead atoms. The van der Waals surface area contributed by atoms with E-state index in [4.69, 9.17) is 5.11 Å². The zero-order chi connectivity index (χ0) is 44.0. The molecule has 10 heteroatoms. The van der Waals surface area contributed by atoms with Crippen LogP contribution in [-0.2, 0) is 24.0 Å². The minimum Gasteiger partial charge on any atom is -0.481 e. The first-order chi connectivity index (χ1) is 28.1. The predicted molar refractivity (Wildman–Crippen MR) is 241 cm³/mol. The summed E-state index contributed by atoms with van der Waals surface area (Å²) in [6, 6.07) is 0. The summed E-state index contributed by atoms with van der Waals surface area (Å²) in [6.45, 7) is 16.5.